The van der Waals surface area contributed by atoms with Crippen LogP contribution in [0.4, 0.5) is 26.3 Å². The molecule has 1 N–H and O–H groups in total. The van der Waals surface area contributed by atoms with Gasteiger partial charge < -0.3 is 28.8 Å². The van der Waals surface area contributed by atoms with Crippen molar-refractivity contribution >= 4 is 11.5 Å². The van der Waals surface area contributed by atoms with Gasteiger partial charge in [0.15, 0.2) is 6.61 Å². The van der Waals surface area contributed by atoms with Crippen molar-refractivity contribution in [3.05, 3.63) is 138 Å². The van der Waals surface area contributed by atoms with Crippen molar-refractivity contribution in [3.8, 4) is 45.3 Å². The maximum Gasteiger partial charge on any atom is 0.573 e. The van der Waals surface area contributed by atoms with Crippen LogP contribution in [0.2, 0.25) is 0 Å². The molecule has 0 bridgehead atoms. The Morgan fingerprint density at radius 1 is 0.604 bits per heavy atom. The number of hydrogen-bond donors (Lipinski definition) is 1. The molecule has 0 saturated heterocycles. The van der Waals surface area contributed by atoms with E-state index in [-0.39, 0.29) is 24.7 Å². The van der Waals surface area contributed by atoms with Gasteiger partial charge in [-0.2, -0.15) is 0 Å². The first-order valence-electron chi connectivity index (χ1n) is 16.0. The first kappa shape index (κ1) is 38.1. The molecule has 0 unspecified atom stereocenters. The summed E-state index contributed by atoms with van der Waals surface area (Å²) in [6.07, 6.45) is -9.69. The zero-order valence-electron chi connectivity index (χ0n) is 28.3. The number of carboxylic acid groups (broad SMARTS) is 1. The van der Waals surface area contributed by atoms with Gasteiger partial charge in [0, 0.05) is 5.57 Å². The minimum Gasteiger partial charge on any atom is -0.494 e. The average molecular weight is 739 g/mol. The van der Waals surface area contributed by atoms with Crippen LogP contribution in [-0.4, -0.2) is 43.6 Å². The highest BCUT2D eigenvalue weighted by Gasteiger charge is 2.32. The number of aryl methyl sites for hydroxylation is 1. The lowest BCUT2D eigenvalue weighted by atomic mass is 9.93. The zero-order valence-corrected chi connectivity index (χ0v) is 28.3. The first-order valence-corrected chi connectivity index (χ1v) is 16.0. The Morgan fingerprint density at radius 2 is 1.11 bits per heavy atom. The van der Waals surface area contributed by atoms with Crippen LogP contribution >= 0.6 is 0 Å². The summed E-state index contributed by atoms with van der Waals surface area (Å²) in [6, 6.07) is 30.2. The number of benzene rings is 5. The van der Waals surface area contributed by atoms with E-state index in [1.54, 1.807) is 92.7 Å². The number of hydrogen-bond acceptors (Lipinski definition) is 6. The Bertz CT molecular complexity index is 1950. The molecular formula is C40H32F6O7. The SMILES string of the molecule is CCOC(COc1ccc(OCC(=O)O)c(C)c1)=C(c1ccc(-c2cccc(OC(F)(F)F)c2)cc1)c1ccc(-c2cccc(OC(F)(F)F)c2)cc1. The van der Waals surface area contributed by atoms with E-state index in [2.05, 4.69) is 9.47 Å². The smallest absolute Gasteiger partial charge is 0.494 e. The van der Waals surface area contributed by atoms with E-state index in [1.807, 2.05) is 0 Å². The van der Waals surface area contributed by atoms with Crippen LogP contribution in [-0.2, 0) is 9.53 Å². The quantitative estimate of drug-likeness (QED) is 0.0897. The van der Waals surface area contributed by atoms with Crippen molar-refractivity contribution in [2.75, 3.05) is 19.8 Å². The highest BCUT2D eigenvalue weighted by atomic mass is 19.4. The lowest BCUT2D eigenvalue weighted by Crippen LogP contribution is -2.17. The molecule has 0 aliphatic rings. The zero-order chi connectivity index (χ0) is 38.2. The van der Waals surface area contributed by atoms with E-state index in [4.69, 9.17) is 19.3 Å². The fraction of sp³-hybridized carbons (Fsp3) is 0.175. The van der Waals surface area contributed by atoms with Crippen molar-refractivity contribution in [2.24, 2.45) is 0 Å². The molecule has 0 radical (unpaired) electrons. The van der Waals surface area contributed by atoms with Crippen LogP contribution < -0.4 is 18.9 Å². The molecule has 13 heteroatoms. The first-order chi connectivity index (χ1) is 25.2. The number of alkyl halides is 6. The molecule has 7 nitrogen and oxygen atoms in total. The molecule has 0 heterocycles. The topological polar surface area (TPSA) is 83.5 Å². The van der Waals surface area contributed by atoms with E-state index >= 15 is 0 Å². The van der Waals surface area contributed by atoms with E-state index in [0.29, 0.717) is 61.8 Å². The molecule has 5 aromatic carbocycles. The van der Waals surface area contributed by atoms with Gasteiger partial charge in [0.25, 0.3) is 0 Å². The third-order valence-electron chi connectivity index (χ3n) is 7.61. The summed E-state index contributed by atoms with van der Waals surface area (Å²) in [5.74, 6) is -0.567. The van der Waals surface area contributed by atoms with Gasteiger partial charge in [-0.25, -0.2) is 4.79 Å². The van der Waals surface area contributed by atoms with Gasteiger partial charge >= 0.3 is 18.7 Å². The number of carboxylic acids is 1. The van der Waals surface area contributed by atoms with Gasteiger partial charge in [-0.15, -0.1) is 26.3 Å². The van der Waals surface area contributed by atoms with Crippen molar-refractivity contribution in [3.63, 3.8) is 0 Å². The molecule has 276 valence electrons. The summed E-state index contributed by atoms with van der Waals surface area (Å²) >= 11 is 0. The normalized spacial score (nSPS) is 11.4. The summed E-state index contributed by atoms with van der Waals surface area (Å²) in [4.78, 5) is 10.9. The van der Waals surface area contributed by atoms with E-state index in [1.165, 1.54) is 36.4 Å². The third-order valence-corrected chi connectivity index (χ3v) is 7.61. The molecule has 0 fully saturated rings. The molecule has 0 aromatic heterocycles. The van der Waals surface area contributed by atoms with Crippen LogP contribution in [0.15, 0.2) is 121 Å². The Labute approximate surface area is 300 Å². The van der Waals surface area contributed by atoms with Crippen molar-refractivity contribution in [2.45, 2.75) is 26.6 Å². The summed E-state index contributed by atoms with van der Waals surface area (Å²) < 4.78 is 103. The van der Waals surface area contributed by atoms with Gasteiger partial charge in [0.1, 0.15) is 35.4 Å². The molecule has 5 rings (SSSR count). The van der Waals surface area contributed by atoms with Crippen LogP contribution in [0.5, 0.6) is 23.0 Å². The maximum absolute atomic E-state index is 12.9. The predicted octanol–water partition coefficient (Wildman–Crippen LogP) is 10.5. The molecule has 0 saturated carbocycles. The molecule has 0 amide bonds. The minimum atomic E-state index is -4.84. The van der Waals surface area contributed by atoms with Gasteiger partial charge in [-0.1, -0.05) is 72.8 Å². The summed E-state index contributed by atoms with van der Waals surface area (Å²) in [5.41, 5.74) is 4.82. The number of halogens is 6. The van der Waals surface area contributed by atoms with Crippen LogP contribution in [0.3, 0.4) is 0 Å². The lowest BCUT2D eigenvalue weighted by Gasteiger charge is -2.19. The van der Waals surface area contributed by atoms with Crippen LogP contribution in [0, 0.1) is 6.92 Å². The molecule has 5 aromatic rings. The highest BCUT2D eigenvalue weighted by molar-refractivity contribution is 5.83. The largest absolute Gasteiger partial charge is 0.573 e. The molecule has 0 aliphatic heterocycles. The van der Waals surface area contributed by atoms with Crippen LogP contribution in [0.1, 0.15) is 23.6 Å². The second kappa shape index (κ2) is 16.5. The number of aliphatic carboxylic acids is 1. The Balaban J connectivity index is 1.51. The molecule has 53 heavy (non-hydrogen) atoms. The number of rotatable bonds is 14. The Morgan fingerprint density at radius 3 is 1.55 bits per heavy atom. The third kappa shape index (κ3) is 10.9. The minimum absolute atomic E-state index is 0.0465. The predicted molar refractivity (Wildman–Crippen MR) is 185 cm³/mol. The fourth-order valence-corrected chi connectivity index (χ4v) is 5.42. The van der Waals surface area contributed by atoms with Crippen molar-refractivity contribution in [1.82, 2.24) is 0 Å². The fourth-order valence-electron chi connectivity index (χ4n) is 5.42. The average Bonchev–Trinajstić information content (AvgIpc) is 3.09. The highest BCUT2D eigenvalue weighted by Crippen LogP contribution is 2.35. The Kier molecular flexibility index (Phi) is 11.9. The Hall–Kier alpha value is -6.11. The van der Waals surface area contributed by atoms with E-state index < -0.39 is 25.3 Å². The van der Waals surface area contributed by atoms with Crippen LogP contribution in [0.25, 0.3) is 27.8 Å². The summed E-state index contributed by atoms with van der Waals surface area (Å²) in [5, 5.41) is 8.94. The van der Waals surface area contributed by atoms with Gasteiger partial charge in [0.2, 0.25) is 0 Å². The molecule has 0 spiro atoms. The number of carbonyl (C=O) groups is 1. The number of ether oxygens (including phenoxy) is 5. The lowest BCUT2D eigenvalue weighted by molar-refractivity contribution is -0.275. The molecular weight excluding hydrogens is 706 g/mol. The van der Waals surface area contributed by atoms with Gasteiger partial charge in [0.05, 0.1) is 6.61 Å². The van der Waals surface area contributed by atoms with E-state index in [0.717, 1.165) is 0 Å². The summed E-state index contributed by atoms with van der Waals surface area (Å²) in [7, 11) is 0. The van der Waals surface area contributed by atoms with Gasteiger partial charge in [-0.05, 0) is 95.3 Å². The van der Waals surface area contributed by atoms with Crippen molar-refractivity contribution < 1.29 is 59.9 Å². The standard InChI is InChI=1S/C40H32F6O7/c1-3-49-36(23-50-32-18-19-35(25(2)20-32)51-24-37(47)48)38(28-14-10-26(11-15-28)30-6-4-8-33(21-30)52-39(41,42)43)29-16-12-27(13-17-29)31-7-5-9-34(22-31)53-40(44,45)46/h4-22H,3,23-24H2,1-2H3,(H,47,48). The summed E-state index contributed by atoms with van der Waals surface area (Å²) in [6.45, 7) is 3.26. The second-order valence-electron chi connectivity index (χ2n) is 11.4. The van der Waals surface area contributed by atoms with Crippen molar-refractivity contribution in [1.29, 1.82) is 0 Å². The van der Waals surface area contributed by atoms with Gasteiger partial charge in [-0.3, -0.25) is 0 Å². The maximum atomic E-state index is 12.9. The second-order valence-corrected chi connectivity index (χ2v) is 11.4. The van der Waals surface area contributed by atoms with E-state index in [9.17, 15) is 31.1 Å². The monoisotopic (exact) mass is 738 g/mol. The molecule has 0 atom stereocenters. The molecule has 0 aliphatic carbocycles.